The predicted molar refractivity (Wildman–Crippen MR) is 63.6 cm³/mol. The summed E-state index contributed by atoms with van der Waals surface area (Å²) >= 11 is 3.02. The first-order chi connectivity index (χ1) is 8.80. The largest absolute Gasteiger partial charge is 0.416 e. The molecule has 102 valence electrons. The van der Waals surface area contributed by atoms with E-state index >= 15 is 0 Å². The molecule has 1 fully saturated rings. The molecule has 0 bridgehead atoms. The zero-order valence-corrected chi connectivity index (χ0v) is 11.0. The van der Waals surface area contributed by atoms with Crippen molar-refractivity contribution in [3.63, 3.8) is 0 Å². The van der Waals surface area contributed by atoms with Crippen molar-refractivity contribution < 1.29 is 22.8 Å². The van der Waals surface area contributed by atoms with E-state index in [4.69, 9.17) is 0 Å². The van der Waals surface area contributed by atoms with E-state index in [1.807, 2.05) is 0 Å². The van der Waals surface area contributed by atoms with Crippen LogP contribution in [0.5, 0.6) is 0 Å². The lowest BCUT2D eigenvalue weighted by Crippen LogP contribution is -2.34. The van der Waals surface area contributed by atoms with E-state index in [-0.39, 0.29) is 16.6 Å². The second-order valence-electron chi connectivity index (χ2n) is 3.88. The Morgan fingerprint density at radius 1 is 1.37 bits per heavy atom. The number of nitrogens with zero attached hydrogens (tertiary/aromatic N) is 1. The minimum atomic E-state index is -4.54. The van der Waals surface area contributed by atoms with Crippen LogP contribution in [0.3, 0.4) is 0 Å². The SMILES string of the molecule is O=C1NCCN1C(=O)c1cc(C(F)(F)F)ccc1Br. The summed E-state index contributed by atoms with van der Waals surface area (Å²) in [6.07, 6.45) is -4.54. The third-order valence-corrected chi connectivity index (χ3v) is 3.32. The van der Waals surface area contributed by atoms with Gasteiger partial charge in [0.15, 0.2) is 0 Å². The molecule has 2 rings (SSSR count). The quantitative estimate of drug-likeness (QED) is 0.857. The molecule has 1 aliphatic rings. The van der Waals surface area contributed by atoms with Crippen LogP contribution in [0.15, 0.2) is 22.7 Å². The van der Waals surface area contributed by atoms with Gasteiger partial charge in [0.25, 0.3) is 5.91 Å². The van der Waals surface area contributed by atoms with Crippen LogP contribution >= 0.6 is 15.9 Å². The lowest BCUT2D eigenvalue weighted by Gasteiger charge is -2.15. The van der Waals surface area contributed by atoms with Gasteiger partial charge in [-0.15, -0.1) is 0 Å². The van der Waals surface area contributed by atoms with Gasteiger partial charge in [0.05, 0.1) is 11.1 Å². The minimum absolute atomic E-state index is 0.139. The Kier molecular flexibility index (Phi) is 3.53. The number of alkyl halides is 3. The number of imide groups is 1. The molecule has 0 radical (unpaired) electrons. The summed E-state index contributed by atoms with van der Waals surface area (Å²) in [5, 5.41) is 2.41. The Morgan fingerprint density at radius 3 is 2.58 bits per heavy atom. The van der Waals surface area contributed by atoms with Crippen molar-refractivity contribution >= 4 is 27.9 Å². The van der Waals surface area contributed by atoms with E-state index in [1.54, 1.807) is 0 Å². The number of hydrogen-bond donors (Lipinski definition) is 1. The molecule has 3 amide bonds. The number of hydrogen-bond acceptors (Lipinski definition) is 2. The van der Waals surface area contributed by atoms with Crippen molar-refractivity contribution in [1.82, 2.24) is 10.2 Å². The smallest absolute Gasteiger partial charge is 0.336 e. The van der Waals surface area contributed by atoms with E-state index in [0.29, 0.717) is 6.54 Å². The summed E-state index contributed by atoms with van der Waals surface area (Å²) < 4.78 is 38.0. The molecule has 19 heavy (non-hydrogen) atoms. The lowest BCUT2D eigenvalue weighted by molar-refractivity contribution is -0.137. The third-order valence-electron chi connectivity index (χ3n) is 2.63. The third kappa shape index (κ3) is 2.73. The molecule has 0 saturated carbocycles. The molecule has 4 nitrogen and oxygen atoms in total. The van der Waals surface area contributed by atoms with Crippen LogP contribution in [0.2, 0.25) is 0 Å². The average molecular weight is 337 g/mol. The highest BCUT2D eigenvalue weighted by atomic mass is 79.9. The fourth-order valence-corrected chi connectivity index (χ4v) is 2.09. The number of halogens is 4. The Balaban J connectivity index is 2.38. The van der Waals surface area contributed by atoms with Crippen LogP contribution < -0.4 is 5.32 Å². The van der Waals surface area contributed by atoms with Crippen molar-refractivity contribution in [1.29, 1.82) is 0 Å². The number of carbonyl (C=O) groups is 2. The van der Waals surface area contributed by atoms with E-state index in [9.17, 15) is 22.8 Å². The van der Waals surface area contributed by atoms with Crippen molar-refractivity contribution in [2.75, 3.05) is 13.1 Å². The fraction of sp³-hybridized carbons (Fsp3) is 0.273. The van der Waals surface area contributed by atoms with Gasteiger partial charge in [0.1, 0.15) is 0 Å². The first-order valence-electron chi connectivity index (χ1n) is 5.27. The van der Waals surface area contributed by atoms with Crippen molar-refractivity contribution in [2.45, 2.75) is 6.18 Å². The Bertz CT molecular complexity index is 545. The molecule has 0 spiro atoms. The van der Waals surface area contributed by atoms with Gasteiger partial charge in [-0.3, -0.25) is 9.69 Å². The summed E-state index contributed by atoms with van der Waals surface area (Å²) in [5.41, 5.74) is -1.12. The molecule has 0 aliphatic carbocycles. The maximum Gasteiger partial charge on any atom is 0.416 e. The highest BCUT2D eigenvalue weighted by Gasteiger charge is 2.33. The number of nitrogens with one attached hydrogen (secondary N) is 1. The first kappa shape index (κ1) is 13.9. The first-order valence-corrected chi connectivity index (χ1v) is 6.06. The summed E-state index contributed by atoms with van der Waals surface area (Å²) in [7, 11) is 0. The minimum Gasteiger partial charge on any atom is -0.336 e. The highest BCUT2D eigenvalue weighted by molar-refractivity contribution is 9.10. The maximum atomic E-state index is 12.6. The van der Waals surface area contributed by atoms with E-state index in [0.717, 1.165) is 23.1 Å². The van der Waals surface area contributed by atoms with Crippen LogP contribution in [0.1, 0.15) is 15.9 Å². The molecule has 8 heteroatoms. The van der Waals surface area contributed by atoms with Gasteiger partial charge in [-0.25, -0.2) is 4.79 Å². The number of amides is 3. The maximum absolute atomic E-state index is 12.6. The van der Waals surface area contributed by atoms with Gasteiger partial charge < -0.3 is 5.32 Å². The van der Waals surface area contributed by atoms with Gasteiger partial charge in [0.2, 0.25) is 0 Å². The molecule has 1 saturated heterocycles. The van der Waals surface area contributed by atoms with Crippen LogP contribution in [-0.2, 0) is 6.18 Å². The highest BCUT2D eigenvalue weighted by Crippen LogP contribution is 2.32. The standard InChI is InChI=1S/C11H8BrF3N2O2/c12-8-2-1-6(11(13,14)15)5-7(8)9(18)17-4-3-16-10(17)19/h1-2,5H,3-4H2,(H,16,19). The zero-order valence-electron chi connectivity index (χ0n) is 9.42. The van der Waals surface area contributed by atoms with E-state index in [2.05, 4.69) is 21.2 Å². The van der Waals surface area contributed by atoms with Crippen molar-refractivity contribution in [3.8, 4) is 0 Å². The van der Waals surface area contributed by atoms with Crippen LogP contribution in [0.25, 0.3) is 0 Å². The number of rotatable bonds is 1. The molecule has 1 N–H and O–H groups in total. The second kappa shape index (κ2) is 4.84. The van der Waals surface area contributed by atoms with Crippen LogP contribution in [0, 0.1) is 0 Å². The van der Waals surface area contributed by atoms with Gasteiger partial charge in [-0.1, -0.05) is 0 Å². The Morgan fingerprint density at radius 2 is 2.05 bits per heavy atom. The summed E-state index contributed by atoms with van der Waals surface area (Å²) in [4.78, 5) is 24.2. The molecular formula is C11H8BrF3N2O2. The Labute approximate surface area is 114 Å². The summed E-state index contributed by atoms with van der Waals surface area (Å²) in [6.45, 7) is 0.432. The van der Waals surface area contributed by atoms with E-state index in [1.165, 1.54) is 0 Å². The average Bonchev–Trinajstić information content (AvgIpc) is 2.73. The summed E-state index contributed by atoms with van der Waals surface area (Å²) in [5.74, 6) is -0.757. The molecule has 1 aliphatic heterocycles. The number of benzene rings is 1. The van der Waals surface area contributed by atoms with Crippen molar-refractivity contribution in [3.05, 3.63) is 33.8 Å². The molecule has 0 unspecified atom stereocenters. The van der Waals surface area contributed by atoms with Gasteiger partial charge in [-0.05, 0) is 34.1 Å². The monoisotopic (exact) mass is 336 g/mol. The van der Waals surface area contributed by atoms with Crippen LogP contribution in [-0.4, -0.2) is 29.9 Å². The lowest BCUT2D eigenvalue weighted by atomic mass is 10.1. The van der Waals surface area contributed by atoms with Gasteiger partial charge in [-0.2, -0.15) is 13.2 Å². The second-order valence-corrected chi connectivity index (χ2v) is 4.74. The number of carbonyl (C=O) groups excluding carboxylic acids is 2. The molecular weight excluding hydrogens is 329 g/mol. The normalized spacial score (nSPS) is 15.6. The zero-order chi connectivity index (χ0) is 14.2. The van der Waals surface area contributed by atoms with E-state index < -0.39 is 23.7 Å². The molecule has 1 aromatic carbocycles. The molecule has 1 aromatic rings. The fourth-order valence-electron chi connectivity index (χ4n) is 1.68. The van der Waals surface area contributed by atoms with Crippen LogP contribution in [0.4, 0.5) is 18.0 Å². The Hall–Kier alpha value is -1.57. The van der Waals surface area contributed by atoms with Crippen molar-refractivity contribution in [2.24, 2.45) is 0 Å². The molecule has 0 aromatic heterocycles. The van der Waals surface area contributed by atoms with Gasteiger partial charge >= 0.3 is 12.2 Å². The van der Waals surface area contributed by atoms with Gasteiger partial charge in [0, 0.05) is 17.6 Å². The molecule has 1 heterocycles. The topological polar surface area (TPSA) is 49.4 Å². The number of urea groups is 1. The molecule has 0 atom stereocenters. The predicted octanol–water partition coefficient (Wildman–Crippen LogP) is 2.63. The summed E-state index contributed by atoms with van der Waals surface area (Å²) in [6, 6.07) is 2.14.